The summed E-state index contributed by atoms with van der Waals surface area (Å²) in [7, 11) is 1.71. The van der Waals surface area contributed by atoms with E-state index in [-0.39, 0.29) is 37.0 Å². The van der Waals surface area contributed by atoms with Crippen LogP contribution in [0.25, 0.3) is 11.1 Å². The van der Waals surface area contributed by atoms with Crippen LogP contribution in [0.1, 0.15) is 37.8 Å². The quantitative estimate of drug-likeness (QED) is 0.0608. The van der Waals surface area contributed by atoms with Crippen LogP contribution in [0.2, 0.25) is 0 Å². The molecule has 3 amide bonds. The number of likely N-dealkylation sites (N-methyl/N-ethyl adjacent to an activating group) is 1. The molecule has 16 heteroatoms. The molecule has 1 heterocycles. The molecule has 0 spiro atoms. The zero-order valence-electron chi connectivity index (χ0n) is 35.9. The Kier molecular flexibility index (Phi) is 22.9. The number of carbonyl (C=O) groups excluding carboxylic acids is 3. The summed E-state index contributed by atoms with van der Waals surface area (Å²) in [4.78, 5) is 40.0. The first kappa shape index (κ1) is 48.7. The van der Waals surface area contributed by atoms with Gasteiger partial charge in [0.05, 0.1) is 150 Å². The molecule has 1 aliphatic carbocycles. The molecule has 0 radical (unpaired) electrons. The standard InChI is InChI=1S/C46H62N2O14/c1-47(46(51)62-36-43-39-10-4-2-8-37(39)38-9-3-5-11-40(38)43)14-16-52-18-20-54-22-24-56-26-28-58-30-32-60-34-35-61-33-31-59-29-27-57-25-23-55-21-19-53-17-15-48-44(49)41-12-6-7-13-42(41)45(48)50/h2-13,43H,14-36H2,1H3. The molecule has 5 rings (SSSR count). The van der Waals surface area contributed by atoms with E-state index in [4.69, 9.17) is 52.1 Å². The van der Waals surface area contributed by atoms with Gasteiger partial charge in [-0.05, 0) is 34.4 Å². The molecule has 1 aliphatic heterocycles. The topological polar surface area (TPSA) is 159 Å². The lowest BCUT2D eigenvalue weighted by molar-refractivity contribution is -0.0266. The first-order valence-electron chi connectivity index (χ1n) is 21.3. The predicted molar refractivity (Wildman–Crippen MR) is 228 cm³/mol. The van der Waals surface area contributed by atoms with Gasteiger partial charge in [0.15, 0.2) is 0 Å². The van der Waals surface area contributed by atoms with Gasteiger partial charge in [-0.15, -0.1) is 0 Å². The summed E-state index contributed by atoms with van der Waals surface area (Å²) in [5, 5.41) is 0. The Bertz CT molecular complexity index is 1680. The van der Waals surface area contributed by atoms with E-state index in [1.54, 1.807) is 31.3 Å². The van der Waals surface area contributed by atoms with Crippen LogP contribution in [0.3, 0.4) is 0 Å². The smallest absolute Gasteiger partial charge is 0.409 e. The molecule has 0 saturated carbocycles. The van der Waals surface area contributed by atoms with Crippen LogP contribution in [0.5, 0.6) is 0 Å². The van der Waals surface area contributed by atoms with E-state index in [1.807, 2.05) is 24.3 Å². The molecule has 16 nitrogen and oxygen atoms in total. The molecule has 2 aliphatic rings. The summed E-state index contributed by atoms with van der Waals surface area (Å²) >= 11 is 0. The van der Waals surface area contributed by atoms with Gasteiger partial charge in [0, 0.05) is 19.5 Å². The van der Waals surface area contributed by atoms with Crippen LogP contribution >= 0.6 is 0 Å². The van der Waals surface area contributed by atoms with Gasteiger partial charge in [-0.1, -0.05) is 60.7 Å². The van der Waals surface area contributed by atoms with E-state index >= 15 is 0 Å². The number of carbonyl (C=O) groups is 3. The van der Waals surface area contributed by atoms with Crippen molar-refractivity contribution in [2.24, 2.45) is 0 Å². The highest BCUT2D eigenvalue weighted by atomic mass is 16.6. The maximum atomic E-state index is 12.6. The maximum Gasteiger partial charge on any atom is 0.409 e. The molecule has 3 aromatic rings. The Labute approximate surface area is 364 Å². The Morgan fingerprint density at radius 1 is 0.452 bits per heavy atom. The first-order chi connectivity index (χ1) is 30.6. The van der Waals surface area contributed by atoms with Crippen molar-refractivity contribution in [2.45, 2.75) is 5.92 Å². The highest BCUT2D eigenvalue weighted by Crippen LogP contribution is 2.44. The summed E-state index contributed by atoms with van der Waals surface area (Å²) in [6, 6.07) is 23.4. The summed E-state index contributed by atoms with van der Waals surface area (Å²) in [6.45, 7) is 9.57. The number of ether oxygens (including phenoxy) is 11. The van der Waals surface area contributed by atoms with Gasteiger partial charge in [0.1, 0.15) is 6.61 Å². The van der Waals surface area contributed by atoms with Gasteiger partial charge < -0.3 is 57.0 Å². The van der Waals surface area contributed by atoms with Crippen molar-refractivity contribution in [1.82, 2.24) is 9.80 Å². The normalized spacial score (nSPS) is 13.1. The Balaban J connectivity index is 0.685. The van der Waals surface area contributed by atoms with Crippen molar-refractivity contribution in [3.63, 3.8) is 0 Å². The van der Waals surface area contributed by atoms with Crippen LogP contribution in [0.4, 0.5) is 4.79 Å². The second-order valence-corrected chi connectivity index (χ2v) is 14.2. The number of benzene rings is 3. The molecule has 0 saturated heterocycles. The van der Waals surface area contributed by atoms with Crippen molar-refractivity contribution >= 4 is 17.9 Å². The number of fused-ring (bicyclic) bond motifs is 4. The fourth-order valence-corrected chi connectivity index (χ4v) is 6.68. The molecule has 0 unspecified atom stereocenters. The lowest BCUT2D eigenvalue weighted by Gasteiger charge is -2.19. The third-order valence-electron chi connectivity index (χ3n) is 9.90. The van der Waals surface area contributed by atoms with Crippen LogP contribution in [-0.4, -0.2) is 187 Å². The van der Waals surface area contributed by atoms with Crippen LogP contribution in [0, 0.1) is 0 Å². The van der Waals surface area contributed by atoms with Crippen molar-refractivity contribution in [3.8, 4) is 11.1 Å². The van der Waals surface area contributed by atoms with Gasteiger partial charge in [-0.3, -0.25) is 14.5 Å². The van der Waals surface area contributed by atoms with E-state index in [0.29, 0.717) is 150 Å². The number of nitrogens with zero attached hydrogens (tertiary/aromatic N) is 2. The lowest BCUT2D eigenvalue weighted by atomic mass is 9.98. The van der Waals surface area contributed by atoms with E-state index < -0.39 is 0 Å². The summed E-state index contributed by atoms with van der Waals surface area (Å²) < 4.78 is 60.9. The lowest BCUT2D eigenvalue weighted by Crippen LogP contribution is -2.33. The second kappa shape index (κ2) is 29.1. The summed E-state index contributed by atoms with van der Waals surface area (Å²) in [6.07, 6.45) is -0.371. The molecule has 340 valence electrons. The van der Waals surface area contributed by atoms with Gasteiger partial charge >= 0.3 is 6.09 Å². The fraction of sp³-hybridized carbons (Fsp3) is 0.543. The molecular formula is C46H62N2O14. The maximum absolute atomic E-state index is 12.6. The van der Waals surface area contributed by atoms with Crippen molar-refractivity contribution in [2.75, 3.05) is 159 Å². The highest BCUT2D eigenvalue weighted by Gasteiger charge is 2.34. The molecule has 0 aromatic heterocycles. The summed E-state index contributed by atoms with van der Waals surface area (Å²) in [5.41, 5.74) is 5.65. The van der Waals surface area contributed by atoms with Gasteiger partial charge in [-0.2, -0.15) is 0 Å². The monoisotopic (exact) mass is 866 g/mol. The number of rotatable bonds is 35. The number of hydrogen-bond donors (Lipinski definition) is 0. The molecule has 0 bridgehead atoms. The van der Waals surface area contributed by atoms with E-state index in [9.17, 15) is 14.4 Å². The minimum atomic E-state index is -0.371. The van der Waals surface area contributed by atoms with E-state index in [2.05, 4.69) is 24.3 Å². The van der Waals surface area contributed by atoms with E-state index in [1.165, 1.54) is 32.1 Å². The van der Waals surface area contributed by atoms with Crippen LogP contribution in [0.15, 0.2) is 72.8 Å². The molecule has 0 N–H and O–H groups in total. The molecular weight excluding hydrogens is 805 g/mol. The Morgan fingerprint density at radius 2 is 0.758 bits per heavy atom. The predicted octanol–water partition coefficient (Wildman–Crippen LogP) is 4.33. The number of hydrogen-bond acceptors (Lipinski definition) is 14. The van der Waals surface area contributed by atoms with Crippen LogP contribution < -0.4 is 0 Å². The van der Waals surface area contributed by atoms with Gasteiger partial charge in [-0.25, -0.2) is 4.79 Å². The zero-order valence-corrected chi connectivity index (χ0v) is 35.9. The van der Waals surface area contributed by atoms with Crippen molar-refractivity contribution in [1.29, 1.82) is 0 Å². The zero-order chi connectivity index (χ0) is 43.5. The Hall–Kier alpha value is -4.33. The van der Waals surface area contributed by atoms with E-state index in [0.717, 1.165) is 0 Å². The molecule has 0 atom stereocenters. The highest BCUT2D eigenvalue weighted by molar-refractivity contribution is 6.21. The number of imide groups is 1. The molecule has 3 aromatic carbocycles. The minimum absolute atomic E-state index is 0.0310. The largest absolute Gasteiger partial charge is 0.448 e. The Morgan fingerprint density at radius 3 is 1.13 bits per heavy atom. The summed E-state index contributed by atoms with van der Waals surface area (Å²) in [5.74, 6) is -0.534. The fourth-order valence-electron chi connectivity index (χ4n) is 6.68. The van der Waals surface area contributed by atoms with Gasteiger partial charge in [0.2, 0.25) is 0 Å². The van der Waals surface area contributed by atoms with Gasteiger partial charge in [0.25, 0.3) is 11.8 Å². The average Bonchev–Trinajstić information content (AvgIpc) is 3.75. The van der Waals surface area contributed by atoms with Crippen molar-refractivity contribution in [3.05, 3.63) is 95.1 Å². The SMILES string of the molecule is CN(CCOCCOCCOCCOCCOCCOCCOCCOCCOCCOCCN1C(=O)c2ccccc2C1=O)C(=O)OCC1c2ccccc2-c2ccccc21. The first-order valence-corrected chi connectivity index (χ1v) is 21.3. The molecule has 62 heavy (non-hydrogen) atoms. The average molecular weight is 867 g/mol. The molecule has 0 fully saturated rings. The third-order valence-corrected chi connectivity index (χ3v) is 9.90. The third kappa shape index (κ3) is 16.4. The van der Waals surface area contributed by atoms with Crippen molar-refractivity contribution < 1.29 is 66.5 Å². The number of amides is 3. The van der Waals surface area contributed by atoms with Crippen LogP contribution in [-0.2, 0) is 52.1 Å². The minimum Gasteiger partial charge on any atom is -0.448 e. The second-order valence-electron chi connectivity index (χ2n) is 14.2.